The van der Waals surface area contributed by atoms with Gasteiger partial charge in [-0.05, 0) is 48.4 Å². The van der Waals surface area contributed by atoms with Gasteiger partial charge in [0.05, 0.1) is 29.1 Å². The Labute approximate surface area is 186 Å². The Morgan fingerprint density at radius 3 is 2.48 bits per heavy atom. The van der Waals surface area contributed by atoms with Crippen molar-refractivity contribution in [1.29, 1.82) is 0 Å². The third-order valence-electron chi connectivity index (χ3n) is 4.88. The zero-order valence-electron chi connectivity index (χ0n) is 17.2. The number of carbonyl (C=O) groups excluding carboxylic acids is 1. The van der Waals surface area contributed by atoms with Crippen molar-refractivity contribution < 1.29 is 14.3 Å². The molecule has 0 radical (unpaired) electrons. The number of hydrogen-bond donors (Lipinski definition) is 0. The average molecular weight is 433 g/mol. The molecule has 0 aliphatic carbocycles. The summed E-state index contributed by atoms with van der Waals surface area (Å²) in [5, 5.41) is 6.19. The Bertz CT molecular complexity index is 1170. The quantitative estimate of drug-likeness (QED) is 0.467. The second-order valence-electron chi connectivity index (χ2n) is 7.00. The molecule has 0 saturated heterocycles. The van der Waals surface area contributed by atoms with Crippen LogP contribution in [0.3, 0.4) is 0 Å². The van der Waals surface area contributed by atoms with Crippen LogP contribution < -0.4 is 14.5 Å². The minimum absolute atomic E-state index is 0.228. The molecule has 4 rings (SSSR count). The first-order valence-electron chi connectivity index (χ1n) is 9.78. The van der Waals surface area contributed by atoms with Crippen LogP contribution in [0, 0.1) is 0 Å². The van der Waals surface area contributed by atoms with Crippen molar-refractivity contribution in [1.82, 2.24) is 0 Å². The van der Waals surface area contributed by atoms with Crippen LogP contribution in [0.15, 0.2) is 83.5 Å². The van der Waals surface area contributed by atoms with E-state index in [-0.39, 0.29) is 5.91 Å². The second kappa shape index (κ2) is 9.06. The fourth-order valence-corrected chi connectivity index (χ4v) is 3.48. The van der Waals surface area contributed by atoms with Crippen LogP contribution in [0.5, 0.6) is 11.5 Å². The minimum Gasteiger partial charge on any atom is -0.493 e. The zero-order chi connectivity index (χ0) is 21.8. The summed E-state index contributed by atoms with van der Waals surface area (Å²) in [6, 6.07) is 22.6. The zero-order valence-corrected chi connectivity index (χ0v) is 18.0. The molecule has 1 heterocycles. The molecule has 3 aromatic rings. The van der Waals surface area contributed by atoms with Gasteiger partial charge in [0.25, 0.3) is 5.91 Å². The number of nitrogens with zero attached hydrogens (tertiary/aromatic N) is 2. The van der Waals surface area contributed by atoms with Gasteiger partial charge in [-0.25, -0.2) is 0 Å². The number of rotatable bonds is 6. The van der Waals surface area contributed by atoms with Crippen LogP contribution in [0.4, 0.5) is 5.69 Å². The molecule has 0 spiro atoms. The number of carbonyl (C=O) groups is 1. The smallest absolute Gasteiger partial charge is 0.280 e. The fourth-order valence-electron chi connectivity index (χ4n) is 3.27. The highest BCUT2D eigenvalue weighted by Crippen LogP contribution is 2.33. The van der Waals surface area contributed by atoms with E-state index in [9.17, 15) is 4.79 Å². The van der Waals surface area contributed by atoms with Gasteiger partial charge in [-0.3, -0.25) is 4.79 Å². The van der Waals surface area contributed by atoms with Crippen LogP contribution in [0.2, 0.25) is 5.02 Å². The first-order valence-corrected chi connectivity index (χ1v) is 10.2. The Morgan fingerprint density at radius 1 is 1.00 bits per heavy atom. The van der Waals surface area contributed by atoms with Gasteiger partial charge in [-0.2, -0.15) is 10.1 Å². The van der Waals surface area contributed by atoms with Crippen LogP contribution in [0.25, 0.3) is 6.08 Å². The number of methoxy groups -OCH3 is 1. The first-order chi connectivity index (χ1) is 15.1. The predicted molar refractivity (Wildman–Crippen MR) is 124 cm³/mol. The van der Waals surface area contributed by atoms with E-state index >= 15 is 0 Å². The highest BCUT2D eigenvalue weighted by Gasteiger charge is 2.29. The summed E-state index contributed by atoms with van der Waals surface area (Å²) in [7, 11) is 1.59. The summed E-state index contributed by atoms with van der Waals surface area (Å²) < 4.78 is 11.4. The van der Waals surface area contributed by atoms with Gasteiger partial charge < -0.3 is 9.47 Å². The van der Waals surface area contributed by atoms with Crippen molar-refractivity contribution in [2.45, 2.75) is 13.5 Å². The SMILES string of the molecule is COc1cc(/C=C2/C(=O)N(c3ccccc3Cl)N=C2C)ccc1OCc1ccccc1. The maximum absolute atomic E-state index is 13.0. The summed E-state index contributed by atoms with van der Waals surface area (Å²) in [6.45, 7) is 2.24. The first kappa shape index (κ1) is 20.7. The molecule has 0 atom stereocenters. The molecule has 0 unspecified atom stereocenters. The van der Waals surface area contributed by atoms with E-state index in [1.54, 1.807) is 32.2 Å². The van der Waals surface area contributed by atoms with Crippen molar-refractivity contribution in [2.75, 3.05) is 12.1 Å². The number of benzene rings is 3. The summed E-state index contributed by atoms with van der Waals surface area (Å²) in [6.07, 6.45) is 1.79. The van der Waals surface area contributed by atoms with E-state index < -0.39 is 0 Å². The molecule has 1 aliphatic heterocycles. The molecule has 0 bridgehead atoms. The highest BCUT2D eigenvalue weighted by molar-refractivity contribution is 6.37. The molecule has 0 aromatic heterocycles. The van der Waals surface area contributed by atoms with Crippen LogP contribution in [-0.4, -0.2) is 18.7 Å². The fraction of sp³-hybridized carbons (Fsp3) is 0.120. The Balaban J connectivity index is 1.56. The van der Waals surface area contributed by atoms with E-state index in [1.807, 2.05) is 60.7 Å². The van der Waals surface area contributed by atoms with Crippen LogP contribution >= 0.6 is 11.6 Å². The lowest BCUT2D eigenvalue weighted by Gasteiger charge is -2.13. The number of para-hydroxylation sites is 1. The molecule has 0 N–H and O–H groups in total. The summed E-state index contributed by atoms with van der Waals surface area (Å²) in [5.74, 6) is 0.997. The molecule has 0 saturated carbocycles. The van der Waals surface area contributed by atoms with Gasteiger partial charge in [-0.1, -0.05) is 60.1 Å². The van der Waals surface area contributed by atoms with E-state index in [0.29, 0.717) is 40.1 Å². The molecule has 3 aromatic carbocycles. The van der Waals surface area contributed by atoms with Crippen molar-refractivity contribution in [3.8, 4) is 11.5 Å². The topological polar surface area (TPSA) is 51.1 Å². The summed E-state index contributed by atoms with van der Waals surface area (Å²) >= 11 is 6.24. The average Bonchev–Trinajstić information content (AvgIpc) is 3.07. The van der Waals surface area contributed by atoms with Crippen molar-refractivity contribution in [2.24, 2.45) is 5.10 Å². The standard InChI is InChI=1S/C25H21ClN2O3/c1-17-20(25(29)28(27-17)22-11-7-6-10-21(22)26)14-19-12-13-23(24(15-19)30-2)31-16-18-8-4-3-5-9-18/h3-15H,16H2,1-2H3/b20-14+. The van der Waals surface area contributed by atoms with E-state index in [2.05, 4.69) is 5.10 Å². The molecule has 6 heteroatoms. The second-order valence-corrected chi connectivity index (χ2v) is 7.40. The number of halogens is 1. The molecule has 5 nitrogen and oxygen atoms in total. The van der Waals surface area contributed by atoms with E-state index in [0.717, 1.165) is 11.1 Å². The summed E-state index contributed by atoms with van der Waals surface area (Å²) in [5.41, 5.74) is 3.55. The maximum atomic E-state index is 13.0. The van der Waals surface area contributed by atoms with Gasteiger partial charge in [0, 0.05) is 0 Å². The number of hydrazone groups is 1. The Hall–Kier alpha value is -3.57. The number of ether oxygens (including phenoxy) is 2. The number of amides is 1. The molecule has 156 valence electrons. The van der Waals surface area contributed by atoms with E-state index in [4.69, 9.17) is 21.1 Å². The molecule has 1 amide bonds. The minimum atomic E-state index is -0.228. The Morgan fingerprint density at radius 2 is 1.74 bits per heavy atom. The molecule has 31 heavy (non-hydrogen) atoms. The van der Waals surface area contributed by atoms with Gasteiger partial charge >= 0.3 is 0 Å². The van der Waals surface area contributed by atoms with Gasteiger partial charge in [0.1, 0.15) is 6.61 Å². The normalized spacial score (nSPS) is 14.7. The molecule has 0 fully saturated rings. The third kappa shape index (κ3) is 4.47. The lowest BCUT2D eigenvalue weighted by molar-refractivity contribution is -0.114. The van der Waals surface area contributed by atoms with Crippen LogP contribution in [-0.2, 0) is 11.4 Å². The van der Waals surface area contributed by atoms with Crippen molar-refractivity contribution >= 4 is 35.0 Å². The summed E-state index contributed by atoms with van der Waals surface area (Å²) in [4.78, 5) is 13.0. The highest BCUT2D eigenvalue weighted by atomic mass is 35.5. The third-order valence-corrected chi connectivity index (χ3v) is 5.20. The largest absolute Gasteiger partial charge is 0.493 e. The predicted octanol–water partition coefficient (Wildman–Crippen LogP) is 5.73. The number of hydrogen-bond acceptors (Lipinski definition) is 4. The van der Waals surface area contributed by atoms with Crippen LogP contribution in [0.1, 0.15) is 18.1 Å². The van der Waals surface area contributed by atoms with Crippen molar-refractivity contribution in [3.63, 3.8) is 0 Å². The lowest BCUT2D eigenvalue weighted by atomic mass is 10.1. The lowest BCUT2D eigenvalue weighted by Crippen LogP contribution is -2.21. The molecular weight excluding hydrogens is 412 g/mol. The maximum Gasteiger partial charge on any atom is 0.280 e. The number of anilines is 1. The molecular formula is C25H21ClN2O3. The van der Waals surface area contributed by atoms with Gasteiger partial charge in [-0.15, -0.1) is 0 Å². The van der Waals surface area contributed by atoms with Crippen molar-refractivity contribution in [3.05, 3.63) is 94.5 Å². The van der Waals surface area contributed by atoms with E-state index in [1.165, 1.54) is 5.01 Å². The molecule has 1 aliphatic rings. The van der Waals surface area contributed by atoms with Gasteiger partial charge in [0.15, 0.2) is 11.5 Å². The monoisotopic (exact) mass is 432 g/mol. The van der Waals surface area contributed by atoms with Gasteiger partial charge in [0.2, 0.25) is 0 Å². The Kier molecular flexibility index (Phi) is 6.05.